The Bertz CT molecular complexity index is 1200. The number of amides is 3. The second-order valence-corrected chi connectivity index (χ2v) is 7.95. The molecule has 3 N–H and O–H groups in total. The molecular weight excluding hydrogens is 430 g/mol. The van der Waals surface area contributed by atoms with Crippen LogP contribution in [0, 0.1) is 0 Å². The highest BCUT2D eigenvalue weighted by Gasteiger charge is 2.23. The van der Waals surface area contributed by atoms with Gasteiger partial charge in [-0.3, -0.25) is 14.4 Å². The van der Waals surface area contributed by atoms with Crippen LogP contribution in [0.4, 0.5) is 11.4 Å². The molecule has 0 heterocycles. The van der Waals surface area contributed by atoms with Crippen molar-refractivity contribution in [2.45, 2.75) is 18.9 Å². The summed E-state index contributed by atoms with van der Waals surface area (Å²) in [5.41, 5.74) is 3.11. The Hall–Kier alpha value is -4.39. The van der Waals surface area contributed by atoms with E-state index in [2.05, 4.69) is 16.0 Å². The Labute approximate surface area is 197 Å². The van der Waals surface area contributed by atoms with Gasteiger partial charge in [-0.25, -0.2) is 0 Å². The summed E-state index contributed by atoms with van der Waals surface area (Å²) in [4.78, 5) is 36.7. The number of benzene rings is 3. The largest absolute Gasteiger partial charge is 0.497 e. The summed E-state index contributed by atoms with van der Waals surface area (Å²) in [5, 5.41) is 8.52. The van der Waals surface area contributed by atoms with Gasteiger partial charge in [0, 0.05) is 34.6 Å². The standard InChI is InChI=1S/C27H25N3O4/c1-34-24-15-13-23(14-16-24)30-27(33)20-7-9-21(10-8-20)28-25(31)17-4-18-2-5-19(6-3-18)26(32)29-22-11-12-22/h2-10,13-17,22H,11-12H2,1H3,(H,28,31)(H,29,32)(H,30,33)/b17-4+. The first-order chi connectivity index (χ1) is 16.5. The zero-order valence-corrected chi connectivity index (χ0v) is 18.7. The number of rotatable bonds is 8. The van der Waals surface area contributed by atoms with E-state index in [-0.39, 0.29) is 17.7 Å². The summed E-state index contributed by atoms with van der Waals surface area (Å²) in [6, 6.07) is 21.1. The molecule has 0 bridgehead atoms. The molecule has 1 fully saturated rings. The fourth-order valence-corrected chi connectivity index (χ4v) is 3.18. The molecule has 3 aromatic rings. The van der Waals surface area contributed by atoms with Crippen molar-refractivity contribution in [2.24, 2.45) is 0 Å². The topological polar surface area (TPSA) is 96.5 Å². The van der Waals surface area contributed by atoms with Gasteiger partial charge in [0.15, 0.2) is 0 Å². The minimum atomic E-state index is -0.300. The fourth-order valence-electron chi connectivity index (χ4n) is 3.18. The highest BCUT2D eigenvalue weighted by molar-refractivity contribution is 6.05. The van der Waals surface area contributed by atoms with E-state index >= 15 is 0 Å². The summed E-state index contributed by atoms with van der Waals surface area (Å²) in [5.74, 6) is 0.0838. The van der Waals surface area contributed by atoms with Gasteiger partial charge in [-0.15, -0.1) is 0 Å². The van der Waals surface area contributed by atoms with Crippen molar-refractivity contribution < 1.29 is 19.1 Å². The van der Waals surface area contributed by atoms with Crippen molar-refractivity contribution in [2.75, 3.05) is 17.7 Å². The zero-order valence-electron chi connectivity index (χ0n) is 18.7. The van der Waals surface area contributed by atoms with Crippen molar-refractivity contribution in [1.29, 1.82) is 0 Å². The minimum absolute atomic E-state index is 0.0723. The van der Waals surface area contributed by atoms with E-state index in [1.54, 1.807) is 86.0 Å². The SMILES string of the molecule is COc1ccc(NC(=O)c2ccc(NC(=O)/C=C/c3ccc(C(=O)NC4CC4)cc3)cc2)cc1. The second-order valence-electron chi connectivity index (χ2n) is 7.95. The number of carbonyl (C=O) groups excluding carboxylic acids is 3. The van der Waals surface area contributed by atoms with Crippen LogP contribution in [-0.4, -0.2) is 30.9 Å². The maximum Gasteiger partial charge on any atom is 0.255 e. The van der Waals surface area contributed by atoms with Gasteiger partial charge in [0.25, 0.3) is 11.8 Å². The van der Waals surface area contributed by atoms with Crippen LogP contribution in [-0.2, 0) is 4.79 Å². The van der Waals surface area contributed by atoms with Crippen molar-refractivity contribution in [3.8, 4) is 5.75 Å². The molecule has 1 aliphatic carbocycles. The predicted molar refractivity (Wildman–Crippen MR) is 132 cm³/mol. The molecule has 7 nitrogen and oxygen atoms in total. The van der Waals surface area contributed by atoms with E-state index in [1.807, 2.05) is 0 Å². The second kappa shape index (κ2) is 10.5. The van der Waals surface area contributed by atoms with E-state index in [4.69, 9.17) is 4.74 Å². The van der Waals surface area contributed by atoms with Gasteiger partial charge < -0.3 is 20.7 Å². The van der Waals surface area contributed by atoms with Gasteiger partial charge in [-0.2, -0.15) is 0 Å². The van der Waals surface area contributed by atoms with Crippen LogP contribution in [0.1, 0.15) is 39.1 Å². The van der Waals surface area contributed by atoms with Crippen LogP contribution in [0.25, 0.3) is 6.08 Å². The Balaban J connectivity index is 1.28. The smallest absolute Gasteiger partial charge is 0.255 e. The lowest BCUT2D eigenvalue weighted by Gasteiger charge is -2.07. The van der Waals surface area contributed by atoms with Crippen LogP contribution in [0.5, 0.6) is 5.75 Å². The van der Waals surface area contributed by atoms with Gasteiger partial charge in [-0.1, -0.05) is 12.1 Å². The minimum Gasteiger partial charge on any atom is -0.497 e. The van der Waals surface area contributed by atoms with Crippen molar-refractivity contribution in [3.63, 3.8) is 0 Å². The number of nitrogens with one attached hydrogen (secondary N) is 3. The molecule has 0 aromatic heterocycles. The predicted octanol–water partition coefficient (Wildman–Crippen LogP) is 4.49. The third-order valence-corrected chi connectivity index (χ3v) is 5.28. The van der Waals surface area contributed by atoms with Crippen LogP contribution in [0.2, 0.25) is 0 Å². The van der Waals surface area contributed by atoms with Gasteiger partial charge in [0.2, 0.25) is 5.91 Å². The third kappa shape index (κ3) is 6.32. The summed E-state index contributed by atoms with van der Waals surface area (Å²) < 4.78 is 5.11. The molecule has 3 aromatic carbocycles. The van der Waals surface area contributed by atoms with Crippen LogP contribution in [0.3, 0.4) is 0 Å². The van der Waals surface area contributed by atoms with Crippen molar-refractivity contribution in [1.82, 2.24) is 5.32 Å². The molecule has 0 atom stereocenters. The number of hydrogen-bond acceptors (Lipinski definition) is 4. The molecule has 1 aliphatic rings. The maximum atomic E-state index is 12.4. The summed E-state index contributed by atoms with van der Waals surface area (Å²) in [7, 11) is 1.58. The van der Waals surface area contributed by atoms with Gasteiger partial charge in [0.05, 0.1) is 7.11 Å². The molecule has 4 rings (SSSR count). The normalized spacial score (nSPS) is 12.7. The molecule has 0 radical (unpaired) electrons. The Morgan fingerprint density at radius 3 is 1.94 bits per heavy atom. The van der Waals surface area contributed by atoms with E-state index in [1.165, 1.54) is 6.08 Å². The lowest BCUT2D eigenvalue weighted by molar-refractivity contribution is -0.111. The first-order valence-electron chi connectivity index (χ1n) is 11.0. The van der Waals surface area contributed by atoms with Crippen LogP contribution in [0.15, 0.2) is 78.9 Å². The molecular formula is C27H25N3O4. The van der Waals surface area contributed by atoms with Gasteiger partial charge in [-0.05, 0) is 85.1 Å². The molecule has 34 heavy (non-hydrogen) atoms. The molecule has 172 valence electrons. The monoisotopic (exact) mass is 455 g/mol. The van der Waals surface area contributed by atoms with Crippen LogP contribution >= 0.6 is 0 Å². The number of anilines is 2. The molecule has 0 spiro atoms. The molecule has 1 saturated carbocycles. The van der Waals surface area contributed by atoms with Gasteiger partial charge in [0.1, 0.15) is 5.75 Å². The molecule has 0 unspecified atom stereocenters. The van der Waals surface area contributed by atoms with E-state index in [0.717, 1.165) is 18.4 Å². The zero-order chi connectivity index (χ0) is 23.9. The van der Waals surface area contributed by atoms with Crippen molar-refractivity contribution in [3.05, 3.63) is 95.6 Å². The Morgan fingerprint density at radius 2 is 1.32 bits per heavy atom. The number of ether oxygens (including phenoxy) is 1. The number of carbonyl (C=O) groups is 3. The van der Waals surface area contributed by atoms with Crippen LogP contribution < -0.4 is 20.7 Å². The Kier molecular flexibility index (Phi) is 7.03. The highest BCUT2D eigenvalue weighted by Crippen LogP contribution is 2.20. The quantitative estimate of drug-likeness (QED) is 0.436. The van der Waals surface area contributed by atoms with E-state index in [9.17, 15) is 14.4 Å². The average molecular weight is 456 g/mol. The molecule has 0 aliphatic heterocycles. The molecule has 3 amide bonds. The lowest BCUT2D eigenvalue weighted by atomic mass is 10.1. The van der Waals surface area contributed by atoms with E-state index in [0.29, 0.717) is 34.3 Å². The molecule has 7 heteroatoms. The first-order valence-corrected chi connectivity index (χ1v) is 11.0. The summed E-state index contributed by atoms with van der Waals surface area (Å²) in [6.45, 7) is 0. The average Bonchev–Trinajstić information content (AvgIpc) is 3.68. The summed E-state index contributed by atoms with van der Waals surface area (Å²) in [6.07, 6.45) is 5.18. The molecule has 0 saturated heterocycles. The lowest BCUT2D eigenvalue weighted by Crippen LogP contribution is -2.25. The van der Waals surface area contributed by atoms with E-state index < -0.39 is 0 Å². The summed E-state index contributed by atoms with van der Waals surface area (Å²) >= 11 is 0. The third-order valence-electron chi connectivity index (χ3n) is 5.28. The fraction of sp³-hybridized carbons (Fsp3) is 0.148. The van der Waals surface area contributed by atoms with Crippen molar-refractivity contribution >= 4 is 35.2 Å². The first kappa shape index (κ1) is 22.8. The number of hydrogen-bond donors (Lipinski definition) is 3. The van der Waals surface area contributed by atoms with Gasteiger partial charge >= 0.3 is 0 Å². The highest BCUT2D eigenvalue weighted by atomic mass is 16.5. The Morgan fingerprint density at radius 1 is 0.765 bits per heavy atom. The number of methoxy groups -OCH3 is 1. The maximum absolute atomic E-state index is 12.4.